The van der Waals surface area contributed by atoms with E-state index in [-0.39, 0.29) is 6.04 Å². The largest absolute Gasteiger partial charge is 0.378 e. The highest BCUT2D eigenvalue weighted by Crippen LogP contribution is 2.21. The second kappa shape index (κ2) is 11.9. The fourth-order valence-electron chi connectivity index (χ4n) is 3.00. The zero-order valence-corrected chi connectivity index (χ0v) is 19.1. The van der Waals surface area contributed by atoms with Crippen molar-refractivity contribution in [1.82, 2.24) is 5.32 Å². The maximum absolute atomic E-state index is 9.19. The third-order valence-electron chi connectivity index (χ3n) is 5.06. The Labute approximate surface area is 178 Å². The number of allylic oxidation sites excluding steroid dienone is 5. The number of rotatable bonds is 9. The van der Waals surface area contributed by atoms with E-state index in [2.05, 4.69) is 82.9 Å². The minimum atomic E-state index is 0.0808. The number of hydrogen-bond acceptors (Lipinski definition) is 2. The maximum atomic E-state index is 9.19. The van der Waals surface area contributed by atoms with Crippen LogP contribution in [-0.4, -0.2) is 6.04 Å². The van der Waals surface area contributed by atoms with Crippen molar-refractivity contribution in [1.29, 1.82) is 5.26 Å². The Kier molecular flexibility index (Phi) is 9.97. The predicted molar refractivity (Wildman–Crippen MR) is 128 cm³/mol. The molecule has 0 amide bonds. The highest BCUT2D eigenvalue weighted by Gasteiger charge is 2.10. The summed E-state index contributed by atoms with van der Waals surface area (Å²) in [5, 5.41) is 12.8. The third-order valence-corrected chi connectivity index (χ3v) is 5.06. The zero-order chi connectivity index (χ0) is 22.0. The smallest absolute Gasteiger partial charge is 0.0946 e. The van der Waals surface area contributed by atoms with Crippen LogP contribution >= 0.6 is 0 Å². The number of aryl methyl sites for hydroxylation is 1. The first-order chi connectivity index (χ1) is 13.7. The molecule has 1 aromatic carbocycles. The fourth-order valence-corrected chi connectivity index (χ4v) is 3.00. The lowest BCUT2D eigenvalue weighted by Gasteiger charge is -2.20. The summed E-state index contributed by atoms with van der Waals surface area (Å²) in [6.45, 7) is 18.8. The molecule has 29 heavy (non-hydrogen) atoms. The van der Waals surface area contributed by atoms with E-state index < -0.39 is 0 Å². The number of nitrogens with one attached hydrogen (secondary N) is 1. The number of nitrogens with zero attached hydrogens (tertiary/aromatic N) is 1. The van der Waals surface area contributed by atoms with E-state index in [0.717, 1.165) is 28.8 Å². The van der Waals surface area contributed by atoms with Gasteiger partial charge in [0.25, 0.3) is 0 Å². The Morgan fingerprint density at radius 2 is 1.90 bits per heavy atom. The zero-order valence-electron chi connectivity index (χ0n) is 19.1. The van der Waals surface area contributed by atoms with Crippen molar-refractivity contribution in [2.45, 2.75) is 66.8 Å². The maximum Gasteiger partial charge on any atom is 0.0946 e. The van der Waals surface area contributed by atoms with Crippen molar-refractivity contribution in [3.05, 3.63) is 88.2 Å². The van der Waals surface area contributed by atoms with Crippen molar-refractivity contribution < 1.29 is 0 Å². The van der Waals surface area contributed by atoms with Crippen LogP contribution in [0.3, 0.4) is 0 Å². The van der Waals surface area contributed by atoms with E-state index in [1.807, 2.05) is 32.1 Å². The molecule has 0 unspecified atom stereocenters. The standard InChI is InChI=1S/C27H36N2/c1-9-21(7)27(13-12-23(10-2)18-28)29-22(8)25(11-3)16-24-14-20(6)15-26(17-24)19(4)5/h9,11-17,19,22,29H,3,10H2,1-2,4-8H3/b21-9+,23-12+,25-16+,27-13+/t22-/m0/s1. The van der Waals surface area contributed by atoms with Crippen LogP contribution in [0, 0.1) is 18.3 Å². The van der Waals surface area contributed by atoms with E-state index in [4.69, 9.17) is 0 Å². The van der Waals surface area contributed by atoms with Gasteiger partial charge in [0, 0.05) is 17.3 Å². The van der Waals surface area contributed by atoms with Gasteiger partial charge < -0.3 is 5.32 Å². The van der Waals surface area contributed by atoms with Crippen molar-refractivity contribution in [3.8, 4) is 6.07 Å². The third kappa shape index (κ3) is 7.62. The molecule has 1 N–H and O–H groups in total. The van der Waals surface area contributed by atoms with E-state index in [1.165, 1.54) is 16.7 Å². The Bertz CT molecular complexity index is 870. The van der Waals surface area contributed by atoms with Crippen LogP contribution in [0.25, 0.3) is 6.08 Å². The van der Waals surface area contributed by atoms with E-state index in [0.29, 0.717) is 5.92 Å². The SMILES string of the molecule is C=C/C(=C\c1cc(C)cc(C(C)C)c1)[C@H](C)NC(=C/C=C(/C#N)CC)/C(C)=C/C. The average molecular weight is 389 g/mol. The van der Waals surface area contributed by atoms with Crippen LogP contribution in [0.1, 0.15) is 70.6 Å². The summed E-state index contributed by atoms with van der Waals surface area (Å²) in [7, 11) is 0. The summed E-state index contributed by atoms with van der Waals surface area (Å²) >= 11 is 0. The van der Waals surface area contributed by atoms with Gasteiger partial charge in [-0.2, -0.15) is 5.26 Å². The topological polar surface area (TPSA) is 35.8 Å². The van der Waals surface area contributed by atoms with Gasteiger partial charge >= 0.3 is 0 Å². The molecule has 2 heteroatoms. The number of benzene rings is 1. The summed E-state index contributed by atoms with van der Waals surface area (Å²) in [6, 6.07) is 9.04. The van der Waals surface area contributed by atoms with Crippen LogP contribution in [0.4, 0.5) is 0 Å². The second-order valence-corrected chi connectivity index (χ2v) is 7.76. The minimum Gasteiger partial charge on any atom is -0.378 e. The highest BCUT2D eigenvalue weighted by atomic mass is 14.9. The van der Waals surface area contributed by atoms with Crippen molar-refractivity contribution in [2.75, 3.05) is 0 Å². The van der Waals surface area contributed by atoms with E-state index >= 15 is 0 Å². The lowest BCUT2D eigenvalue weighted by Crippen LogP contribution is -2.27. The van der Waals surface area contributed by atoms with Gasteiger partial charge in [-0.25, -0.2) is 0 Å². The average Bonchev–Trinajstić information content (AvgIpc) is 2.70. The predicted octanol–water partition coefficient (Wildman–Crippen LogP) is 7.38. The van der Waals surface area contributed by atoms with Gasteiger partial charge in [-0.15, -0.1) is 0 Å². The monoisotopic (exact) mass is 388 g/mol. The lowest BCUT2D eigenvalue weighted by atomic mass is 9.96. The van der Waals surface area contributed by atoms with Crippen LogP contribution in [0.5, 0.6) is 0 Å². The first-order valence-electron chi connectivity index (χ1n) is 10.4. The second-order valence-electron chi connectivity index (χ2n) is 7.76. The Hall–Kier alpha value is -2.79. The number of hydrogen-bond donors (Lipinski definition) is 1. The quantitative estimate of drug-likeness (QED) is 0.354. The fraction of sp³-hybridized carbons (Fsp3) is 0.370. The van der Waals surface area contributed by atoms with Gasteiger partial charge in [0.05, 0.1) is 6.07 Å². The molecule has 1 aromatic rings. The molecule has 0 aliphatic heterocycles. The van der Waals surface area contributed by atoms with Gasteiger partial charge in [0.1, 0.15) is 0 Å². The van der Waals surface area contributed by atoms with Gasteiger partial charge in [0.2, 0.25) is 0 Å². The molecule has 2 nitrogen and oxygen atoms in total. The molecular formula is C27H36N2. The first-order valence-corrected chi connectivity index (χ1v) is 10.4. The molecule has 0 radical (unpaired) electrons. The molecule has 0 fully saturated rings. The summed E-state index contributed by atoms with van der Waals surface area (Å²) in [5.74, 6) is 0.497. The van der Waals surface area contributed by atoms with E-state index in [9.17, 15) is 5.26 Å². The molecule has 0 saturated carbocycles. The molecule has 154 valence electrons. The van der Waals surface area contributed by atoms with Gasteiger partial charge in [-0.3, -0.25) is 0 Å². The normalized spacial score (nSPS) is 14.6. The van der Waals surface area contributed by atoms with Crippen molar-refractivity contribution >= 4 is 6.08 Å². The molecule has 0 aliphatic rings. The molecule has 0 heterocycles. The van der Waals surface area contributed by atoms with Crippen molar-refractivity contribution in [3.63, 3.8) is 0 Å². The van der Waals surface area contributed by atoms with Crippen LogP contribution < -0.4 is 5.32 Å². The van der Waals surface area contributed by atoms with Crippen LogP contribution in [-0.2, 0) is 0 Å². The number of nitriles is 1. The minimum absolute atomic E-state index is 0.0808. The Balaban J connectivity index is 3.24. The molecular weight excluding hydrogens is 352 g/mol. The van der Waals surface area contributed by atoms with Crippen LogP contribution in [0.2, 0.25) is 0 Å². The highest BCUT2D eigenvalue weighted by molar-refractivity contribution is 5.59. The Morgan fingerprint density at radius 1 is 1.21 bits per heavy atom. The molecule has 0 bridgehead atoms. The molecule has 0 aromatic heterocycles. The van der Waals surface area contributed by atoms with Gasteiger partial charge in [0.15, 0.2) is 0 Å². The molecule has 0 aliphatic carbocycles. The summed E-state index contributed by atoms with van der Waals surface area (Å²) in [5.41, 5.74) is 7.86. The first kappa shape index (κ1) is 24.2. The molecule has 1 atom stereocenters. The summed E-state index contributed by atoms with van der Waals surface area (Å²) in [6.07, 6.45) is 10.8. The summed E-state index contributed by atoms with van der Waals surface area (Å²) in [4.78, 5) is 0. The summed E-state index contributed by atoms with van der Waals surface area (Å²) < 4.78 is 0. The van der Waals surface area contributed by atoms with Crippen LogP contribution in [0.15, 0.2) is 71.5 Å². The van der Waals surface area contributed by atoms with Gasteiger partial charge in [-0.05, 0) is 80.5 Å². The molecule has 0 saturated heterocycles. The lowest BCUT2D eigenvalue weighted by molar-refractivity contribution is 0.714. The molecule has 1 rings (SSSR count). The Morgan fingerprint density at radius 3 is 2.41 bits per heavy atom. The van der Waals surface area contributed by atoms with Crippen molar-refractivity contribution in [2.24, 2.45) is 0 Å². The van der Waals surface area contributed by atoms with E-state index in [1.54, 1.807) is 0 Å². The van der Waals surface area contributed by atoms with Gasteiger partial charge in [-0.1, -0.05) is 63.3 Å². The molecule has 0 spiro atoms.